The molecule has 6 rings (SSSR count). The third-order valence-corrected chi connectivity index (χ3v) is 14.2. The van der Waals surface area contributed by atoms with Gasteiger partial charge in [0.2, 0.25) is 17.7 Å². The summed E-state index contributed by atoms with van der Waals surface area (Å²) in [4.78, 5) is 61.0. The molecule has 0 bridgehead atoms. The molecule has 1 saturated heterocycles. The van der Waals surface area contributed by atoms with Crippen LogP contribution in [0.4, 0.5) is 5.69 Å². The van der Waals surface area contributed by atoms with E-state index in [1.165, 1.54) is 4.90 Å². The van der Waals surface area contributed by atoms with Crippen molar-refractivity contribution < 1.29 is 33.8 Å². The average Bonchev–Trinajstić information content (AvgIpc) is 3.95. The summed E-state index contributed by atoms with van der Waals surface area (Å²) in [6.07, 6.45) is 0.450. The molecule has 4 aromatic rings. The molecule has 4 amide bonds. The third kappa shape index (κ3) is 12.2. The van der Waals surface area contributed by atoms with Crippen LogP contribution in [-0.4, -0.2) is 95.3 Å². The van der Waals surface area contributed by atoms with Crippen LogP contribution >= 0.6 is 22.9 Å². The number of unbranched alkanes of at least 4 members (excludes halogenated alkanes) is 1. The zero-order valence-corrected chi connectivity index (χ0v) is 42.1. The van der Waals surface area contributed by atoms with Crippen LogP contribution in [0.1, 0.15) is 115 Å². The van der Waals surface area contributed by atoms with Crippen LogP contribution in [-0.2, 0) is 25.7 Å². The van der Waals surface area contributed by atoms with Gasteiger partial charge < -0.3 is 40.7 Å². The average molecular weight is 969 g/mol. The summed E-state index contributed by atoms with van der Waals surface area (Å²) in [6.45, 7) is 19.0. The van der Waals surface area contributed by atoms with Gasteiger partial charge >= 0.3 is 0 Å². The fraction of sp³-hybridized carbons (Fsp3) is 0.500. The van der Waals surface area contributed by atoms with Crippen LogP contribution in [0.25, 0.3) is 10.4 Å². The summed E-state index contributed by atoms with van der Waals surface area (Å²) in [5.74, 6) is -0.549. The monoisotopic (exact) mass is 967 g/mol. The molecule has 0 unspecified atom stereocenters. The number of hydrogen-bond acceptors (Lipinski definition) is 11. The van der Waals surface area contributed by atoms with E-state index in [1.54, 1.807) is 41.7 Å². The number of likely N-dealkylation sites (tertiary alicyclic amines) is 1. The molecule has 3 aromatic carbocycles. The molecular formula is C52H66ClN7O7S. The minimum atomic E-state index is -0.957. The van der Waals surface area contributed by atoms with E-state index in [1.807, 2.05) is 62.7 Å². The molecule has 2 aliphatic rings. The minimum absolute atomic E-state index is 0.0143. The molecular weight excluding hydrogens is 902 g/mol. The van der Waals surface area contributed by atoms with E-state index < -0.39 is 35.4 Å². The molecule has 0 radical (unpaired) electrons. The second kappa shape index (κ2) is 21.8. The topological polar surface area (TPSA) is 195 Å². The number of rotatable bonds is 19. The standard InChI is InChI=1S/C52H66ClN7O7S/c1-31(2)42-43(68-30-57-42)33-14-12-32(13-15-33)27-56-46(64)40-24-37(61)28-60(40)47(65)44(50(3,4)5)58-41(62)29-66-23-11-10-22-55-36-19-16-34(17-20-36)45(63)59-48-51(6,7)49(52(48,8)9)67-38-21-18-35(26-54)39(53)25-38/h12-21,25,30-31,37,40,44,48-49,55,61H,10-11,22-24,27-29H2,1-9H3,(H,56,64)(H,58,62)(H,59,63)/t37-,40+,44-,48?,49?/m1/s1. The highest BCUT2D eigenvalue weighted by Gasteiger charge is 2.64. The second-order valence-electron chi connectivity index (χ2n) is 20.5. The van der Waals surface area contributed by atoms with Crippen molar-refractivity contribution in [3.05, 3.63) is 99.6 Å². The van der Waals surface area contributed by atoms with Crippen LogP contribution in [0.2, 0.25) is 5.02 Å². The third-order valence-electron chi connectivity index (χ3n) is 13.0. The maximum absolute atomic E-state index is 14.0. The van der Waals surface area contributed by atoms with Gasteiger partial charge in [-0.05, 0) is 71.7 Å². The first-order chi connectivity index (χ1) is 32.1. The highest BCUT2D eigenvalue weighted by atomic mass is 35.5. The lowest BCUT2D eigenvalue weighted by atomic mass is 9.49. The predicted molar refractivity (Wildman–Crippen MR) is 265 cm³/mol. The fourth-order valence-electron chi connectivity index (χ4n) is 9.56. The van der Waals surface area contributed by atoms with Gasteiger partial charge in [0.25, 0.3) is 5.91 Å². The summed E-state index contributed by atoms with van der Waals surface area (Å²) in [5.41, 5.74) is 5.19. The van der Waals surface area contributed by atoms with E-state index in [2.05, 4.69) is 73.9 Å². The normalized spacial score (nSPS) is 19.9. The minimum Gasteiger partial charge on any atom is -0.489 e. The number of β-amino-alcohol motifs (C(OH)–C–C–N with tert-alkyl or cyclic N) is 1. The Morgan fingerprint density at radius 2 is 1.69 bits per heavy atom. The van der Waals surface area contributed by atoms with Gasteiger partial charge in [0, 0.05) is 66.9 Å². The molecule has 68 heavy (non-hydrogen) atoms. The quantitative estimate of drug-likeness (QED) is 0.0574. The number of aliphatic hydroxyl groups excluding tert-OH is 1. The number of thiazole rings is 1. The lowest BCUT2D eigenvalue weighted by Gasteiger charge is -2.63. The Bertz CT molecular complexity index is 2440. The van der Waals surface area contributed by atoms with E-state index in [0.29, 0.717) is 47.4 Å². The summed E-state index contributed by atoms with van der Waals surface area (Å²) in [7, 11) is 0. The van der Waals surface area contributed by atoms with Crippen molar-refractivity contribution in [3.8, 4) is 22.3 Å². The van der Waals surface area contributed by atoms with E-state index in [9.17, 15) is 29.5 Å². The molecule has 1 aromatic heterocycles. The molecule has 14 nitrogen and oxygen atoms in total. The van der Waals surface area contributed by atoms with Gasteiger partial charge in [-0.25, -0.2) is 4.98 Å². The molecule has 2 heterocycles. The summed E-state index contributed by atoms with van der Waals surface area (Å²) >= 11 is 7.84. The van der Waals surface area contributed by atoms with Gasteiger partial charge in [-0.2, -0.15) is 5.26 Å². The Morgan fingerprint density at radius 3 is 2.32 bits per heavy atom. The van der Waals surface area contributed by atoms with Crippen molar-refractivity contribution in [2.75, 3.05) is 31.6 Å². The Labute approximate surface area is 409 Å². The van der Waals surface area contributed by atoms with E-state index in [4.69, 9.17) is 21.1 Å². The van der Waals surface area contributed by atoms with Crippen LogP contribution in [0.5, 0.6) is 5.75 Å². The Hall–Kier alpha value is -5.53. The lowest BCUT2D eigenvalue weighted by Crippen LogP contribution is -2.74. The molecule has 16 heteroatoms. The predicted octanol–water partition coefficient (Wildman–Crippen LogP) is 8.09. The highest BCUT2D eigenvalue weighted by molar-refractivity contribution is 7.13. The molecule has 5 N–H and O–H groups in total. The maximum atomic E-state index is 14.0. The smallest absolute Gasteiger partial charge is 0.251 e. The Kier molecular flexibility index (Phi) is 16.6. The number of ether oxygens (including phenoxy) is 2. The maximum Gasteiger partial charge on any atom is 0.251 e. The molecule has 1 aliphatic heterocycles. The molecule has 364 valence electrons. The summed E-state index contributed by atoms with van der Waals surface area (Å²) in [5, 5.41) is 32.5. The zero-order chi connectivity index (χ0) is 49.6. The second-order valence-corrected chi connectivity index (χ2v) is 21.7. The van der Waals surface area contributed by atoms with Gasteiger partial charge in [-0.3, -0.25) is 19.2 Å². The number of nitrogens with zero attached hydrogens (tertiary/aromatic N) is 3. The number of anilines is 1. The SMILES string of the molecule is CC(C)c1ncsc1-c1ccc(CNC(=O)[C@@H]2C[C@@H](O)CN2C(=O)[C@@H](NC(=O)COCCCCNc2ccc(C(=O)NC3C(C)(C)C(Oc4ccc(C#N)c(Cl)c4)C3(C)C)cc2)C(C)(C)C)cc1. The van der Waals surface area contributed by atoms with Gasteiger partial charge in [0.15, 0.2) is 0 Å². The van der Waals surface area contributed by atoms with Crippen molar-refractivity contribution >= 4 is 52.3 Å². The number of benzene rings is 3. The number of aliphatic hydroxyl groups is 1. The first-order valence-corrected chi connectivity index (χ1v) is 24.5. The Morgan fingerprint density at radius 1 is 1.00 bits per heavy atom. The van der Waals surface area contributed by atoms with Crippen molar-refractivity contribution in [2.24, 2.45) is 16.2 Å². The van der Waals surface area contributed by atoms with Crippen molar-refractivity contribution in [3.63, 3.8) is 0 Å². The number of carbonyl (C=O) groups excluding carboxylic acids is 4. The van der Waals surface area contributed by atoms with Gasteiger partial charge in [0.1, 0.15) is 36.6 Å². The van der Waals surface area contributed by atoms with Crippen LogP contribution in [0.15, 0.2) is 72.2 Å². The molecule has 0 spiro atoms. The lowest BCUT2D eigenvalue weighted by molar-refractivity contribution is -0.164. The highest BCUT2D eigenvalue weighted by Crippen LogP contribution is 2.55. The molecule has 1 aliphatic carbocycles. The zero-order valence-electron chi connectivity index (χ0n) is 40.6. The van der Waals surface area contributed by atoms with Crippen molar-refractivity contribution in [1.82, 2.24) is 25.8 Å². The molecule has 1 saturated carbocycles. The number of carbonyl (C=O) groups is 4. The molecule has 3 atom stereocenters. The number of amides is 4. The largest absolute Gasteiger partial charge is 0.489 e. The number of nitrogens with one attached hydrogen (secondary N) is 4. The van der Waals surface area contributed by atoms with Crippen molar-refractivity contribution in [1.29, 1.82) is 5.26 Å². The summed E-state index contributed by atoms with van der Waals surface area (Å²) in [6, 6.07) is 20.3. The number of halogens is 1. The van der Waals surface area contributed by atoms with Crippen LogP contribution in [0.3, 0.4) is 0 Å². The fourth-order valence-corrected chi connectivity index (χ4v) is 10.7. The van der Waals surface area contributed by atoms with Gasteiger partial charge in [-0.15, -0.1) is 11.3 Å². The van der Waals surface area contributed by atoms with E-state index >= 15 is 0 Å². The number of nitriles is 1. The van der Waals surface area contributed by atoms with Gasteiger partial charge in [-0.1, -0.05) is 98.2 Å². The Balaban J connectivity index is 0.899. The number of hydrogen-bond donors (Lipinski definition) is 5. The summed E-state index contributed by atoms with van der Waals surface area (Å²) < 4.78 is 12.0. The van der Waals surface area contributed by atoms with Crippen molar-refractivity contribution in [2.45, 2.75) is 124 Å². The van der Waals surface area contributed by atoms with Crippen LogP contribution in [0, 0.1) is 27.6 Å². The van der Waals surface area contributed by atoms with Gasteiger partial charge in [0.05, 0.1) is 32.8 Å². The van der Waals surface area contributed by atoms with E-state index in [-0.39, 0.29) is 60.9 Å². The van der Waals surface area contributed by atoms with E-state index in [0.717, 1.165) is 33.8 Å². The first-order valence-electron chi connectivity index (χ1n) is 23.3. The number of aromatic nitrogens is 1. The van der Waals surface area contributed by atoms with Crippen LogP contribution < -0.4 is 26.0 Å². The first kappa shape index (κ1) is 51.9. The molecule has 2 fully saturated rings.